The van der Waals surface area contributed by atoms with Crippen LogP contribution in [0, 0.1) is 20.8 Å². The van der Waals surface area contributed by atoms with Gasteiger partial charge in [0.15, 0.2) is 0 Å². The molecule has 3 N–H and O–H groups in total. The van der Waals surface area contributed by atoms with Crippen molar-refractivity contribution in [2.45, 2.75) is 20.8 Å². The zero-order chi connectivity index (χ0) is 11.2. The molecule has 0 fully saturated rings. The highest BCUT2D eigenvalue weighted by Crippen LogP contribution is 2.25. The van der Waals surface area contributed by atoms with Crippen LogP contribution < -0.4 is 5.73 Å². The fraction of sp³-hybridized carbons (Fsp3) is 0.250. The van der Waals surface area contributed by atoms with E-state index in [1.165, 1.54) is 5.56 Å². The van der Waals surface area contributed by atoms with Crippen molar-refractivity contribution in [1.29, 1.82) is 0 Å². The van der Waals surface area contributed by atoms with E-state index >= 15 is 0 Å². The highest BCUT2D eigenvalue weighted by atomic mass is 16.1. The molecule has 0 aliphatic heterocycles. The highest BCUT2D eigenvalue weighted by Gasteiger charge is 2.12. The zero-order valence-electron chi connectivity index (χ0n) is 9.14. The van der Waals surface area contributed by atoms with Crippen molar-refractivity contribution in [1.82, 2.24) is 4.98 Å². The highest BCUT2D eigenvalue weighted by molar-refractivity contribution is 6.06. The van der Waals surface area contributed by atoms with Crippen molar-refractivity contribution >= 4 is 16.8 Å². The molecule has 2 aromatic rings. The van der Waals surface area contributed by atoms with E-state index in [1.54, 1.807) is 0 Å². The van der Waals surface area contributed by atoms with Gasteiger partial charge in [0, 0.05) is 11.1 Å². The number of rotatable bonds is 1. The first kappa shape index (κ1) is 9.77. The molecule has 78 valence electrons. The van der Waals surface area contributed by atoms with Gasteiger partial charge in [0.05, 0.1) is 11.1 Å². The van der Waals surface area contributed by atoms with E-state index in [1.807, 2.05) is 26.0 Å². The number of nitrogens with two attached hydrogens (primary N) is 1. The lowest BCUT2D eigenvalue weighted by Gasteiger charge is -2.05. The van der Waals surface area contributed by atoms with E-state index < -0.39 is 0 Å². The summed E-state index contributed by atoms with van der Waals surface area (Å²) in [5, 5.41) is 1.08. The average Bonchev–Trinajstić information content (AvgIpc) is 2.53. The van der Waals surface area contributed by atoms with Gasteiger partial charge in [-0.3, -0.25) is 4.79 Å². The minimum absolute atomic E-state index is 0.384. The molecule has 0 saturated carbocycles. The first-order valence-electron chi connectivity index (χ1n) is 4.90. The Balaban J connectivity index is 2.93. The number of amides is 1. The predicted octanol–water partition coefficient (Wildman–Crippen LogP) is 2.19. The van der Waals surface area contributed by atoms with Crippen LogP contribution in [0.1, 0.15) is 27.2 Å². The lowest BCUT2D eigenvalue weighted by molar-refractivity contribution is 0.100. The van der Waals surface area contributed by atoms with Gasteiger partial charge >= 0.3 is 0 Å². The Labute approximate surface area is 88.3 Å². The number of nitrogens with one attached hydrogen (secondary N) is 1. The number of H-pyrrole nitrogens is 1. The number of primary amides is 1. The molecule has 0 unspecified atom stereocenters. The van der Waals surface area contributed by atoms with Crippen LogP contribution >= 0.6 is 0 Å². The summed E-state index contributed by atoms with van der Waals surface area (Å²) in [6.45, 7) is 6.01. The molecule has 0 aliphatic rings. The van der Waals surface area contributed by atoms with Crippen molar-refractivity contribution in [3.63, 3.8) is 0 Å². The molecule has 1 aromatic heterocycles. The fourth-order valence-electron chi connectivity index (χ4n) is 1.90. The largest absolute Gasteiger partial charge is 0.366 e. The van der Waals surface area contributed by atoms with Gasteiger partial charge in [-0.15, -0.1) is 0 Å². The molecular weight excluding hydrogens is 188 g/mol. The average molecular weight is 202 g/mol. The van der Waals surface area contributed by atoms with Crippen LogP contribution in [0.25, 0.3) is 10.9 Å². The number of hydrogen-bond donors (Lipinski definition) is 2. The lowest BCUT2D eigenvalue weighted by atomic mass is 10.0. The van der Waals surface area contributed by atoms with Crippen LogP contribution in [0.4, 0.5) is 0 Å². The molecule has 0 bridgehead atoms. The molecule has 0 saturated heterocycles. The Bertz CT molecular complexity index is 552. The van der Waals surface area contributed by atoms with Crippen molar-refractivity contribution in [3.05, 3.63) is 34.5 Å². The van der Waals surface area contributed by atoms with Crippen molar-refractivity contribution in [2.24, 2.45) is 5.73 Å². The second-order valence-corrected chi connectivity index (χ2v) is 3.97. The van der Waals surface area contributed by atoms with E-state index in [-0.39, 0.29) is 5.91 Å². The lowest BCUT2D eigenvalue weighted by Crippen LogP contribution is -2.12. The number of aryl methyl sites for hydroxylation is 3. The molecule has 1 aromatic carbocycles. The quantitative estimate of drug-likeness (QED) is 0.731. The molecule has 1 heterocycles. The molecule has 3 heteroatoms. The molecular formula is C12H14N2O. The van der Waals surface area contributed by atoms with E-state index in [0.717, 1.165) is 22.2 Å². The van der Waals surface area contributed by atoms with Gasteiger partial charge in [-0.25, -0.2) is 0 Å². The van der Waals surface area contributed by atoms with Crippen molar-refractivity contribution in [2.75, 3.05) is 0 Å². The Kier molecular flexibility index (Phi) is 2.03. The van der Waals surface area contributed by atoms with Crippen molar-refractivity contribution < 1.29 is 4.79 Å². The minimum atomic E-state index is -0.384. The Morgan fingerprint density at radius 1 is 1.27 bits per heavy atom. The summed E-state index contributed by atoms with van der Waals surface area (Å²) in [6, 6.07) is 3.89. The van der Waals surface area contributed by atoms with Gasteiger partial charge in [0.2, 0.25) is 0 Å². The van der Waals surface area contributed by atoms with Gasteiger partial charge in [-0.05, 0) is 44.0 Å². The van der Waals surface area contributed by atoms with E-state index in [0.29, 0.717) is 5.56 Å². The van der Waals surface area contributed by atoms with Crippen LogP contribution in [-0.4, -0.2) is 10.9 Å². The van der Waals surface area contributed by atoms with Crippen molar-refractivity contribution in [3.8, 4) is 0 Å². The SMILES string of the molecule is Cc1cc2c(C)c(C)cc(C(N)=O)c2[nH]1. The maximum Gasteiger partial charge on any atom is 0.250 e. The molecule has 0 atom stereocenters. The Morgan fingerprint density at radius 3 is 2.53 bits per heavy atom. The summed E-state index contributed by atoms with van der Waals surface area (Å²) in [5.74, 6) is -0.384. The Hall–Kier alpha value is -1.77. The second kappa shape index (κ2) is 3.12. The number of aromatic amines is 1. The summed E-state index contributed by atoms with van der Waals surface area (Å²) in [7, 11) is 0. The maximum absolute atomic E-state index is 11.3. The first-order chi connectivity index (χ1) is 7.00. The first-order valence-corrected chi connectivity index (χ1v) is 4.90. The predicted molar refractivity (Wildman–Crippen MR) is 61.0 cm³/mol. The summed E-state index contributed by atoms with van der Waals surface area (Å²) >= 11 is 0. The summed E-state index contributed by atoms with van der Waals surface area (Å²) in [4.78, 5) is 14.5. The smallest absolute Gasteiger partial charge is 0.250 e. The summed E-state index contributed by atoms with van der Waals surface area (Å²) in [5.41, 5.74) is 10.1. The standard InChI is InChI=1S/C12H14N2O/c1-6-4-10(12(13)15)11-9(8(6)3)5-7(2)14-11/h4-5,14H,1-3H3,(H2,13,15). The minimum Gasteiger partial charge on any atom is -0.366 e. The number of hydrogen-bond acceptors (Lipinski definition) is 1. The van der Waals surface area contributed by atoms with E-state index in [9.17, 15) is 4.79 Å². The fourth-order valence-corrected chi connectivity index (χ4v) is 1.90. The third-order valence-electron chi connectivity index (χ3n) is 2.84. The molecule has 0 aliphatic carbocycles. The molecule has 2 rings (SSSR count). The normalized spacial score (nSPS) is 10.9. The molecule has 0 radical (unpaired) electrons. The van der Waals surface area contributed by atoms with Gasteiger partial charge in [-0.2, -0.15) is 0 Å². The second-order valence-electron chi connectivity index (χ2n) is 3.97. The third kappa shape index (κ3) is 1.40. The van der Waals surface area contributed by atoms with Gasteiger partial charge in [-0.1, -0.05) is 0 Å². The Morgan fingerprint density at radius 2 is 1.93 bits per heavy atom. The number of carbonyl (C=O) groups is 1. The number of aromatic nitrogens is 1. The summed E-state index contributed by atoms with van der Waals surface area (Å²) < 4.78 is 0. The number of fused-ring (bicyclic) bond motifs is 1. The number of carbonyl (C=O) groups excluding carboxylic acids is 1. The van der Waals surface area contributed by atoms with Crippen LogP contribution in [0.15, 0.2) is 12.1 Å². The van der Waals surface area contributed by atoms with Crippen LogP contribution in [0.5, 0.6) is 0 Å². The van der Waals surface area contributed by atoms with Gasteiger partial charge in [0.1, 0.15) is 0 Å². The molecule has 3 nitrogen and oxygen atoms in total. The maximum atomic E-state index is 11.3. The topological polar surface area (TPSA) is 58.9 Å². The van der Waals surface area contributed by atoms with Crippen LogP contribution in [-0.2, 0) is 0 Å². The van der Waals surface area contributed by atoms with Crippen LogP contribution in [0.2, 0.25) is 0 Å². The summed E-state index contributed by atoms with van der Waals surface area (Å²) in [6.07, 6.45) is 0. The zero-order valence-corrected chi connectivity index (χ0v) is 9.14. The molecule has 15 heavy (non-hydrogen) atoms. The van der Waals surface area contributed by atoms with Crippen LogP contribution in [0.3, 0.4) is 0 Å². The number of benzene rings is 1. The van der Waals surface area contributed by atoms with E-state index in [2.05, 4.69) is 11.9 Å². The molecule has 1 amide bonds. The van der Waals surface area contributed by atoms with Gasteiger partial charge in [0.25, 0.3) is 5.91 Å². The van der Waals surface area contributed by atoms with E-state index in [4.69, 9.17) is 5.73 Å². The molecule has 0 spiro atoms. The monoisotopic (exact) mass is 202 g/mol. The third-order valence-corrected chi connectivity index (χ3v) is 2.84. The van der Waals surface area contributed by atoms with Gasteiger partial charge < -0.3 is 10.7 Å².